The average molecular weight is 234 g/mol. The van der Waals surface area contributed by atoms with Gasteiger partial charge in [-0.3, -0.25) is 10.1 Å². The lowest BCUT2D eigenvalue weighted by Gasteiger charge is -2.23. The van der Waals surface area contributed by atoms with Crippen molar-refractivity contribution < 1.29 is 14.3 Å². The zero-order valence-corrected chi connectivity index (χ0v) is 9.96. The average Bonchev–Trinajstić information content (AvgIpc) is 2.53. The van der Waals surface area contributed by atoms with Crippen LogP contribution in [-0.4, -0.2) is 19.0 Å². The molecule has 2 rings (SSSR count). The molecule has 90 valence electrons. The Morgan fingerprint density at radius 3 is 2.53 bits per heavy atom. The summed E-state index contributed by atoms with van der Waals surface area (Å²) in [5.74, 6) is 0.210. The first kappa shape index (κ1) is 11.4. The van der Waals surface area contributed by atoms with Crippen LogP contribution in [-0.2, 0) is 10.3 Å². The van der Waals surface area contributed by atoms with Gasteiger partial charge < -0.3 is 10.1 Å². The van der Waals surface area contributed by atoms with E-state index in [1.54, 1.807) is 13.0 Å². The molecule has 0 radical (unpaired) electrons. The molecule has 0 bridgehead atoms. The van der Waals surface area contributed by atoms with Gasteiger partial charge in [-0.25, -0.2) is 4.79 Å². The predicted molar refractivity (Wildman–Crippen MR) is 61.8 cm³/mol. The number of carbonyl (C=O) groups is 2. The summed E-state index contributed by atoms with van der Waals surface area (Å²) in [4.78, 5) is 23.1. The molecule has 1 fully saturated rings. The third kappa shape index (κ3) is 1.73. The summed E-state index contributed by atoms with van der Waals surface area (Å²) in [5.41, 5.74) is 0.577. The third-order valence-electron chi connectivity index (χ3n) is 2.94. The van der Waals surface area contributed by atoms with Crippen LogP contribution in [0.4, 0.5) is 4.79 Å². The summed E-state index contributed by atoms with van der Waals surface area (Å²) < 4.78 is 5.23. The van der Waals surface area contributed by atoms with Crippen LogP contribution in [0.15, 0.2) is 18.2 Å². The fraction of sp³-hybridized carbons (Fsp3) is 0.333. The molecule has 0 spiro atoms. The Morgan fingerprint density at radius 2 is 2.00 bits per heavy atom. The minimum absolute atomic E-state index is 0.369. The largest absolute Gasteiger partial charge is 0.496 e. The summed E-state index contributed by atoms with van der Waals surface area (Å²) >= 11 is 0. The Labute approximate surface area is 99.2 Å². The fourth-order valence-corrected chi connectivity index (χ4v) is 1.95. The van der Waals surface area contributed by atoms with Gasteiger partial charge in [-0.05, 0) is 26.0 Å². The first-order valence-electron chi connectivity index (χ1n) is 5.26. The molecular formula is C12H14N2O3. The maximum absolute atomic E-state index is 11.8. The van der Waals surface area contributed by atoms with Gasteiger partial charge in [0.15, 0.2) is 0 Å². The zero-order valence-electron chi connectivity index (χ0n) is 9.96. The summed E-state index contributed by atoms with van der Waals surface area (Å²) in [6.45, 7) is 3.57. The summed E-state index contributed by atoms with van der Waals surface area (Å²) in [5, 5.41) is 4.85. The van der Waals surface area contributed by atoms with Gasteiger partial charge in [0.1, 0.15) is 11.3 Å². The zero-order chi connectivity index (χ0) is 12.6. The fourth-order valence-electron chi connectivity index (χ4n) is 1.95. The van der Waals surface area contributed by atoms with Crippen molar-refractivity contribution in [1.82, 2.24) is 10.6 Å². The van der Waals surface area contributed by atoms with Crippen LogP contribution in [0.5, 0.6) is 5.75 Å². The van der Waals surface area contributed by atoms with E-state index >= 15 is 0 Å². The number of hydrogen-bond acceptors (Lipinski definition) is 3. The SMILES string of the molecule is COc1ccc(C)cc1C1(C)NC(=O)NC1=O. The number of urea groups is 1. The highest BCUT2D eigenvalue weighted by atomic mass is 16.5. The number of amides is 3. The lowest BCUT2D eigenvalue weighted by Crippen LogP contribution is -2.40. The molecule has 1 aromatic carbocycles. The predicted octanol–water partition coefficient (Wildman–Crippen LogP) is 1.06. The lowest BCUT2D eigenvalue weighted by molar-refractivity contribution is -0.123. The van der Waals surface area contributed by atoms with E-state index in [1.807, 2.05) is 19.1 Å². The molecule has 1 aliphatic rings. The summed E-state index contributed by atoms with van der Waals surface area (Å²) in [7, 11) is 1.53. The van der Waals surface area contributed by atoms with Crippen molar-refractivity contribution >= 4 is 11.9 Å². The summed E-state index contributed by atoms with van der Waals surface area (Å²) in [6, 6.07) is 5.03. The number of rotatable bonds is 2. The quantitative estimate of drug-likeness (QED) is 0.752. The molecule has 1 atom stereocenters. The van der Waals surface area contributed by atoms with Crippen molar-refractivity contribution in [3.8, 4) is 5.75 Å². The molecule has 5 heteroatoms. The standard InChI is InChI=1S/C12H14N2O3/c1-7-4-5-9(17-3)8(6-7)12(2)10(15)13-11(16)14-12/h4-6H,1-3H3,(H2,13,14,15,16). The second kappa shape index (κ2) is 3.76. The molecule has 5 nitrogen and oxygen atoms in total. The van der Waals surface area contributed by atoms with Crippen molar-refractivity contribution in [3.63, 3.8) is 0 Å². The molecule has 0 aliphatic carbocycles. The van der Waals surface area contributed by atoms with E-state index in [2.05, 4.69) is 10.6 Å². The van der Waals surface area contributed by atoms with Crippen LogP contribution >= 0.6 is 0 Å². The molecule has 2 N–H and O–H groups in total. The van der Waals surface area contributed by atoms with Crippen LogP contribution < -0.4 is 15.4 Å². The van der Waals surface area contributed by atoms with Gasteiger partial charge >= 0.3 is 6.03 Å². The van der Waals surface area contributed by atoms with Crippen molar-refractivity contribution in [2.45, 2.75) is 19.4 Å². The van der Waals surface area contributed by atoms with Gasteiger partial charge in [0.25, 0.3) is 5.91 Å². The smallest absolute Gasteiger partial charge is 0.322 e. The Balaban J connectivity index is 2.56. The minimum Gasteiger partial charge on any atom is -0.496 e. The first-order chi connectivity index (χ1) is 7.97. The lowest BCUT2D eigenvalue weighted by atomic mass is 9.90. The van der Waals surface area contributed by atoms with E-state index in [4.69, 9.17) is 4.74 Å². The number of nitrogens with one attached hydrogen (secondary N) is 2. The number of aryl methyl sites for hydroxylation is 1. The highest BCUT2D eigenvalue weighted by molar-refractivity contribution is 6.07. The second-order valence-corrected chi connectivity index (χ2v) is 4.24. The second-order valence-electron chi connectivity index (χ2n) is 4.24. The normalized spacial score (nSPS) is 23.2. The molecule has 17 heavy (non-hydrogen) atoms. The maximum atomic E-state index is 11.8. The molecule has 3 amide bonds. The van der Waals surface area contributed by atoms with Crippen molar-refractivity contribution in [3.05, 3.63) is 29.3 Å². The van der Waals surface area contributed by atoms with Gasteiger partial charge in [0.05, 0.1) is 7.11 Å². The van der Waals surface area contributed by atoms with Crippen LogP contribution in [0.2, 0.25) is 0 Å². The topological polar surface area (TPSA) is 67.4 Å². The number of benzene rings is 1. The summed E-state index contributed by atoms with van der Waals surface area (Å²) in [6.07, 6.45) is 0. The minimum atomic E-state index is -1.07. The number of ether oxygens (including phenoxy) is 1. The van der Waals surface area contributed by atoms with Crippen molar-refractivity contribution in [1.29, 1.82) is 0 Å². The van der Waals surface area contributed by atoms with Crippen molar-refractivity contribution in [2.24, 2.45) is 0 Å². The van der Waals surface area contributed by atoms with E-state index in [1.165, 1.54) is 7.11 Å². The van der Waals surface area contributed by atoms with Crippen molar-refractivity contribution in [2.75, 3.05) is 7.11 Å². The molecular weight excluding hydrogens is 220 g/mol. The highest BCUT2D eigenvalue weighted by Crippen LogP contribution is 2.32. The van der Waals surface area contributed by atoms with E-state index in [-0.39, 0.29) is 5.91 Å². The van der Waals surface area contributed by atoms with Gasteiger partial charge in [-0.1, -0.05) is 11.6 Å². The molecule has 1 aromatic rings. The van der Waals surface area contributed by atoms with Gasteiger partial charge in [-0.2, -0.15) is 0 Å². The van der Waals surface area contributed by atoms with E-state index in [9.17, 15) is 9.59 Å². The first-order valence-corrected chi connectivity index (χ1v) is 5.26. The van der Waals surface area contributed by atoms with Gasteiger partial charge in [0.2, 0.25) is 0 Å². The number of imide groups is 1. The Hall–Kier alpha value is -2.04. The maximum Gasteiger partial charge on any atom is 0.322 e. The third-order valence-corrected chi connectivity index (χ3v) is 2.94. The molecule has 1 saturated heterocycles. The van der Waals surface area contributed by atoms with E-state index < -0.39 is 11.6 Å². The molecule has 1 aliphatic heterocycles. The monoisotopic (exact) mass is 234 g/mol. The Bertz CT molecular complexity index is 499. The Morgan fingerprint density at radius 1 is 1.29 bits per heavy atom. The van der Waals surface area contributed by atoms with E-state index in [0.717, 1.165) is 5.56 Å². The van der Waals surface area contributed by atoms with Crippen LogP contribution in [0.25, 0.3) is 0 Å². The van der Waals surface area contributed by atoms with Crippen LogP contribution in [0.1, 0.15) is 18.1 Å². The molecule has 0 aromatic heterocycles. The molecule has 0 saturated carbocycles. The molecule has 1 unspecified atom stereocenters. The highest BCUT2D eigenvalue weighted by Gasteiger charge is 2.45. The molecule has 1 heterocycles. The van der Waals surface area contributed by atoms with Gasteiger partial charge in [0, 0.05) is 5.56 Å². The van der Waals surface area contributed by atoms with Gasteiger partial charge in [-0.15, -0.1) is 0 Å². The Kier molecular flexibility index (Phi) is 2.53. The number of carbonyl (C=O) groups excluding carboxylic acids is 2. The van der Waals surface area contributed by atoms with Crippen LogP contribution in [0.3, 0.4) is 0 Å². The number of methoxy groups -OCH3 is 1. The van der Waals surface area contributed by atoms with E-state index in [0.29, 0.717) is 11.3 Å². The number of hydrogen-bond donors (Lipinski definition) is 2. The van der Waals surface area contributed by atoms with Crippen LogP contribution in [0, 0.1) is 6.92 Å².